The molecule has 1 atom stereocenters. The zero-order valence-electron chi connectivity index (χ0n) is 25.9. The molecule has 10 nitrogen and oxygen atoms in total. The molecule has 1 aromatic carbocycles. The molecule has 11 heteroatoms. The number of carboxylic acid groups (broad SMARTS) is 2. The number of likely N-dealkylation sites (tertiary alicyclic amines) is 1. The van der Waals surface area contributed by atoms with E-state index in [1.807, 2.05) is 43.3 Å². The number of carbonyl (C=O) groups is 2. The van der Waals surface area contributed by atoms with Crippen LogP contribution in [0.1, 0.15) is 77.2 Å². The zero-order chi connectivity index (χ0) is 31.9. The van der Waals surface area contributed by atoms with Crippen molar-refractivity contribution in [3.05, 3.63) is 66.4 Å². The summed E-state index contributed by atoms with van der Waals surface area (Å²) in [5, 5.41) is 21.1. The van der Waals surface area contributed by atoms with E-state index in [0.717, 1.165) is 29.0 Å². The van der Waals surface area contributed by atoms with Crippen LogP contribution in [0.25, 0.3) is 11.0 Å². The third kappa shape index (κ3) is 11.0. The van der Waals surface area contributed by atoms with Crippen molar-refractivity contribution in [2.75, 3.05) is 30.0 Å². The molecule has 4 N–H and O–H groups in total. The van der Waals surface area contributed by atoms with E-state index in [4.69, 9.17) is 32.3 Å². The first kappa shape index (κ1) is 34.7. The van der Waals surface area contributed by atoms with Gasteiger partial charge in [0.2, 0.25) is 5.11 Å². The van der Waals surface area contributed by atoms with Crippen LogP contribution in [-0.4, -0.2) is 67.9 Å². The number of carboxylic acids is 2. The third-order valence-electron chi connectivity index (χ3n) is 7.55. The Kier molecular flexibility index (Phi) is 14.3. The average Bonchev–Trinajstić information content (AvgIpc) is 3.45. The molecule has 4 rings (SSSR count). The van der Waals surface area contributed by atoms with Crippen LogP contribution in [0.15, 0.2) is 60.8 Å². The fraction of sp³-hybridized carbons (Fsp3) is 0.455. The first-order valence-corrected chi connectivity index (χ1v) is 15.8. The van der Waals surface area contributed by atoms with E-state index < -0.39 is 11.9 Å². The molecule has 3 aromatic rings. The summed E-state index contributed by atoms with van der Waals surface area (Å²) in [6.45, 7) is 10.0. The molecule has 0 radical (unpaired) electrons. The number of fused-ring (bicyclic) bond motifs is 1. The number of benzene rings is 1. The van der Waals surface area contributed by atoms with Gasteiger partial charge in [0.15, 0.2) is 0 Å². The van der Waals surface area contributed by atoms with Gasteiger partial charge < -0.3 is 25.4 Å². The van der Waals surface area contributed by atoms with Gasteiger partial charge in [-0.15, -0.1) is 0 Å². The van der Waals surface area contributed by atoms with E-state index in [9.17, 15) is 9.59 Å². The van der Waals surface area contributed by atoms with E-state index in [-0.39, 0.29) is 6.10 Å². The number of nitrogens with zero attached hydrogens (tertiary/aromatic N) is 3. The standard InChI is InChI=1S/C29H41N5OS.C4H4O4/c1-4-6-7-11-18-33-19-16-23(17-20-33)25-21-30-26-14-15-27(31-28(25)26)32-29(36)34(35-22(3)5-2)24-12-9-8-10-13-24;5-3(6)1-2-4(7)8/h8-10,12-15,21-23,30H,4-7,11,16-20H2,1-3H3,(H,31,32,36);1-2H,(H,5,6)(H,7,8)/b;2-1+. The number of rotatable bonds is 13. The number of pyridine rings is 1. The molecular formula is C33H45N5O5S. The van der Waals surface area contributed by atoms with Gasteiger partial charge in [-0.3, -0.25) is 4.84 Å². The summed E-state index contributed by atoms with van der Waals surface area (Å²) in [5.74, 6) is -1.25. The van der Waals surface area contributed by atoms with Crippen molar-refractivity contribution in [2.45, 2.75) is 77.7 Å². The number of aromatic nitrogens is 2. The number of piperidine rings is 1. The molecule has 0 saturated carbocycles. The molecular weight excluding hydrogens is 578 g/mol. The van der Waals surface area contributed by atoms with Crippen LogP contribution in [0.4, 0.5) is 11.5 Å². The van der Waals surface area contributed by atoms with Gasteiger partial charge in [0, 0.05) is 18.3 Å². The smallest absolute Gasteiger partial charge is 0.328 e. The van der Waals surface area contributed by atoms with Gasteiger partial charge in [-0.25, -0.2) is 14.6 Å². The number of hydroxylamine groups is 1. The molecule has 0 bridgehead atoms. The lowest BCUT2D eigenvalue weighted by atomic mass is 9.90. The fourth-order valence-electron chi connectivity index (χ4n) is 4.98. The van der Waals surface area contributed by atoms with Crippen molar-refractivity contribution in [3.63, 3.8) is 0 Å². The Morgan fingerprint density at radius 3 is 2.39 bits per heavy atom. The first-order chi connectivity index (χ1) is 21.2. The lowest BCUT2D eigenvalue weighted by Gasteiger charge is -2.31. The van der Waals surface area contributed by atoms with Crippen LogP contribution in [0.2, 0.25) is 0 Å². The Labute approximate surface area is 265 Å². The van der Waals surface area contributed by atoms with Crippen molar-refractivity contribution >= 4 is 51.8 Å². The number of aliphatic carboxylic acids is 2. The maximum absolute atomic E-state index is 9.55. The Bertz CT molecular complexity index is 1360. The number of anilines is 2. The van der Waals surface area contributed by atoms with Crippen LogP contribution < -0.4 is 10.4 Å². The molecule has 1 aliphatic heterocycles. The van der Waals surface area contributed by atoms with Crippen molar-refractivity contribution in [1.29, 1.82) is 0 Å². The summed E-state index contributed by atoms with van der Waals surface area (Å²) in [7, 11) is 0. The molecule has 238 valence electrons. The Morgan fingerprint density at radius 1 is 1.09 bits per heavy atom. The molecule has 1 unspecified atom stereocenters. The van der Waals surface area contributed by atoms with Gasteiger partial charge >= 0.3 is 11.9 Å². The van der Waals surface area contributed by atoms with Crippen LogP contribution in [-0.2, 0) is 14.4 Å². The molecule has 1 saturated heterocycles. The highest BCUT2D eigenvalue weighted by molar-refractivity contribution is 7.80. The van der Waals surface area contributed by atoms with Gasteiger partial charge in [0.1, 0.15) is 5.82 Å². The summed E-state index contributed by atoms with van der Waals surface area (Å²) in [4.78, 5) is 36.3. The predicted octanol–water partition coefficient (Wildman–Crippen LogP) is 6.97. The number of nitrogens with one attached hydrogen (secondary N) is 2. The quantitative estimate of drug-likeness (QED) is 0.0685. The van der Waals surface area contributed by atoms with E-state index in [0.29, 0.717) is 23.2 Å². The number of aromatic amines is 1. The van der Waals surface area contributed by atoms with Crippen molar-refractivity contribution in [3.8, 4) is 0 Å². The molecule has 0 spiro atoms. The topological polar surface area (TPSA) is 131 Å². The zero-order valence-corrected chi connectivity index (χ0v) is 26.7. The molecule has 44 heavy (non-hydrogen) atoms. The van der Waals surface area contributed by atoms with Crippen LogP contribution in [0.3, 0.4) is 0 Å². The minimum absolute atomic E-state index is 0.0363. The second-order valence-electron chi connectivity index (χ2n) is 10.9. The van der Waals surface area contributed by atoms with E-state index in [1.54, 1.807) is 5.06 Å². The lowest BCUT2D eigenvalue weighted by molar-refractivity contribution is -0.134. The van der Waals surface area contributed by atoms with Crippen molar-refractivity contribution in [2.24, 2.45) is 0 Å². The molecule has 3 heterocycles. The molecule has 0 amide bonds. The van der Waals surface area contributed by atoms with Crippen LogP contribution in [0.5, 0.6) is 0 Å². The van der Waals surface area contributed by atoms with Gasteiger partial charge in [-0.05, 0) is 100 Å². The maximum atomic E-state index is 9.55. The Hall–Kier alpha value is -3.80. The van der Waals surface area contributed by atoms with Crippen molar-refractivity contribution in [1.82, 2.24) is 14.9 Å². The van der Waals surface area contributed by atoms with Gasteiger partial charge in [-0.1, -0.05) is 51.3 Å². The minimum atomic E-state index is -1.26. The predicted molar refractivity (Wildman–Crippen MR) is 179 cm³/mol. The highest BCUT2D eigenvalue weighted by Crippen LogP contribution is 2.33. The van der Waals surface area contributed by atoms with E-state index in [2.05, 4.69) is 41.3 Å². The van der Waals surface area contributed by atoms with E-state index in [1.165, 1.54) is 63.7 Å². The summed E-state index contributed by atoms with van der Waals surface area (Å²) in [6, 6.07) is 14.0. The maximum Gasteiger partial charge on any atom is 0.328 e. The monoisotopic (exact) mass is 623 g/mol. The summed E-state index contributed by atoms with van der Waals surface area (Å²) >= 11 is 5.77. The first-order valence-electron chi connectivity index (χ1n) is 15.4. The summed E-state index contributed by atoms with van der Waals surface area (Å²) in [5.41, 5.74) is 4.32. The normalized spacial score (nSPS) is 14.6. The number of hydrogen-bond donors (Lipinski definition) is 4. The minimum Gasteiger partial charge on any atom is -0.478 e. The second-order valence-corrected chi connectivity index (χ2v) is 11.3. The third-order valence-corrected chi connectivity index (χ3v) is 7.81. The average molecular weight is 624 g/mol. The number of para-hydroxylation sites is 1. The molecule has 0 aliphatic carbocycles. The largest absolute Gasteiger partial charge is 0.478 e. The van der Waals surface area contributed by atoms with Crippen LogP contribution >= 0.6 is 12.2 Å². The molecule has 1 fully saturated rings. The van der Waals surface area contributed by atoms with Gasteiger partial charge in [0.05, 0.1) is 22.8 Å². The van der Waals surface area contributed by atoms with Crippen LogP contribution in [0, 0.1) is 0 Å². The van der Waals surface area contributed by atoms with E-state index >= 15 is 0 Å². The fourth-order valence-corrected chi connectivity index (χ4v) is 5.23. The summed E-state index contributed by atoms with van der Waals surface area (Å²) < 4.78 is 0. The highest BCUT2D eigenvalue weighted by Gasteiger charge is 2.24. The number of unbranched alkanes of at least 4 members (excludes halogenated alkanes) is 3. The second kappa shape index (κ2) is 18.1. The SMILES string of the molecule is CCCCCCN1CCC(c2c[nH]c3ccc(NC(=S)N(OC(C)CC)c4ccccc4)nc23)CC1.O=C(O)/C=C/C(=O)O. The van der Waals surface area contributed by atoms with Gasteiger partial charge in [0.25, 0.3) is 0 Å². The van der Waals surface area contributed by atoms with Crippen molar-refractivity contribution < 1.29 is 24.6 Å². The highest BCUT2D eigenvalue weighted by atomic mass is 32.1. The summed E-state index contributed by atoms with van der Waals surface area (Å²) in [6.07, 6.45) is 11.9. The molecule has 2 aromatic heterocycles. The molecule has 1 aliphatic rings. The number of H-pyrrole nitrogens is 1. The Balaban J connectivity index is 0.000000583. The number of thiocarbonyl (C=S) groups is 1. The number of hydrogen-bond acceptors (Lipinski definition) is 6. The Morgan fingerprint density at radius 2 is 1.77 bits per heavy atom. The lowest BCUT2D eigenvalue weighted by Crippen LogP contribution is -2.37. The van der Waals surface area contributed by atoms with Gasteiger partial charge in [-0.2, -0.15) is 5.06 Å².